The number of piperidine rings is 1. The van der Waals surface area contributed by atoms with Gasteiger partial charge in [0.05, 0.1) is 16.6 Å². The fourth-order valence-corrected chi connectivity index (χ4v) is 3.61. The summed E-state index contributed by atoms with van der Waals surface area (Å²) in [4.78, 5) is 13.6. The number of rotatable bonds is 3. The summed E-state index contributed by atoms with van der Waals surface area (Å²) >= 11 is 0. The number of hydrogen-bond donors (Lipinski definition) is 1. The van der Waals surface area contributed by atoms with Gasteiger partial charge in [-0.2, -0.15) is 4.98 Å². The molecule has 1 aliphatic heterocycles. The maximum atomic E-state index is 5.56. The lowest BCUT2D eigenvalue weighted by atomic mass is 9.91. The molecule has 0 spiro atoms. The number of pyridine rings is 1. The molecule has 7 heteroatoms. The van der Waals surface area contributed by atoms with Crippen LogP contribution in [0.15, 0.2) is 53.4 Å². The highest BCUT2D eigenvalue weighted by Crippen LogP contribution is 2.30. The van der Waals surface area contributed by atoms with E-state index in [2.05, 4.69) is 32.3 Å². The minimum Gasteiger partial charge on any atom is -0.337 e. The molecular weight excluding hydrogens is 340 g/mol. The molecule has 27 heavy (non-hydrogen) atoms. The van der Waals surface area contributed by atoms with Crippen molar-refractivity contribution in [2.75, 3.05) is 6.54 Å². The Morgan fingerprint density at radius 1 is 1.11 bits per heavy atom. The standard InChI is InChI=1S/C20H20N6O/c1-20(10-4-5-11-23-20)19-24-18(25-27-19)14-8-9-17(21-12-14)26-13-22-15-6-2-3-7-16(15)26/h2-3,6-9,12-13,23H,4-5,10-11H2,1H3. The van der Waals surface area contributed by atoms with Gasteiger partial charge in [0.2, 0.25) is 11.7 Å². The molecule has 0 amide bonds. The molecule has 0 saturated carbocycles. The first kappa shape index (κ1) is 16.1. The van der Waals surface area contributed by atoms with Gasteiger partial charge in [0.15, 0.2) is 0 Å². The minimum absolute atomic E-state index is 0.243. The number of imidazole rings is 1. The SMILES string of the molecule is CC1(c2nc(-c3ccc(-n4cnc5ccccc54)nc3)no2)CCCCN1. The summed E-state index contributed by atoms with van der Waals surface area (Å²) in [6.45, 7) is 3.10. The van der Waals surface area contributed by atoms with Crippen LogP contribution in [0, 0.1) is 0 Å². The fourth-order valence-electron chi connectivity index (χ4n) is 3.61. The van der Waals surface area contributed by atoms with Crippen molar-refractivity contribution in [3.8, 4) is 17.2 Å². The van der Waals surface area contributed by atoms with Crippen LogP contribution in [0.25, 0.3) is 28.2 Å². The van der Waals surface area contributed by atoms with E-state index in [1.165, 1.54) is 6.42 Å². The molecule has 0 bridgehead atoms. The molecule has 1 aromatic carbocycles. The van der Waals surface area contributed by atoms with Gasteiger partial charge in [-0.15, -0.1) is 0 Å². The zero-order valence-electron chi connectivity index (χ0n) is 15.1. The van der Waals surface area contributed by atoms with Gasteiger partial charge in [0.1, 0.15) is 12.1 Å². The van der Waals surface area contributed by atoms with Gasteiger partial charge in [0, 0.05) is 11.8 Å². The molecule has 0 radical (unpaired) electrons. The number of fused-ring (bicyclic) bond motifs is 1. The van der Waals surface area contributed by atoms with Gasteiger partial charge < -0.3 is 9.84 Å². The first-order chi connectivity index (χ1) is 13.2. The molecule has 3 aromatic heterocycles. The molecule has 1 saturated heterocycles. The highest BCUT2D eigenvalue weighted by atomic mass is 16.5. The third kappa shape index (κ3) is 2.80. The quantitative estimate of drug-likeness (QED) is 0.602. The van der Waals surface area contributed by atoms with Gasteiger partial charge >= 0.3 is 0 Å². The van der Waals surface area contributed by atoms with Crippen molar-refractivity contribution in [1.82, 2.24) is 30.0 Å². The van der Waals surface area contributed by atoms with Crippen LogP contribution in [0.5, 0.6) is 0 Å². The Labute approximate surface area is 156 Å². The van der Waals surface area contributed by atoms with E-state index in [1.807, 2.05) is 41.0 Å². The van der Waals surface area contributed by atoms with Gasteiger partial charge in [-0.1, -0.05) is 17.3 Å². The Balaban J connectivity index is 1.44. The van der Waals surface area contributed by atoms with Crippen LogP contribution in [0.1, 0.15) is 32.1 Å². The van der Waals surface area contributed by atoms with E-state index in [0.29, 0.717) is 11.7 Å². The van der Waals surface area contributed by atoms with E-state index in [-0.39, 0.29) is 5.54 Å². The zero-order chi connectivity index (χ0) is 18.3. The van der Waals surface area contributed by atoms with Crippen molar-refractivity contribution < 1.29 is 4.52 Å². The van der Waals surface area contributed by atoms with Crippen LogP contribution < -0.4 is 5.32 Å². The highest BCUT2D eigenvalue weighted by molar-refractivity contribution is 5.76. The lowest BCUT2D eigenvalue weighted by Crippen LogP contribution is -2.43. The highest BCUT2D eigenvalue weighted by Gasteiger charge is 2.34. The fraction of sp³-hybridized carbons (Fsp3) is 0.300. The minimum atomic E-state index is -0.243. The molecule has 5 rings (SSSR count). The number of nitrogens with one attached hydrogen (secondary N) is 1. The van der Waals surface area contributed by atoms with Crippen LogP contribution in [-0.4, -0.2) is 31.2 Å². The first-order valence-electron chi connectivity index (χ1n) is 9.21. The molecule has 1 fully saturated rings. The smallest absolute Gasteiger partial charge is 0.246 e. The van der Waals surface area contributed by atoms with Gasteiger partial charge in [0.25, 0.3) is 0 Å². The van der Waals surface area contributed by atoms with Gasteiger partial charge in [-0.25, -0.2) is 9.97 Å². The Bertz CT molecular complexity index is 1080. The van der Waals surface area contributed by atoms with Crippen LogP contribution in [0.2, 0.25) is 0 Å². The van der Waals surface area contributed by atoms with E-state index in [4.69, 9.17) is 4.52 Å². The van der Waals surface area contributed by atoms with Crippen LogP contribution >= 0.6 is 0 Å². The zero-order valence-corrected chi connectivity index (χ0v) is 15.1. The molecule has 1 unspecified atom stereocenters. The topological polar surface area (TPSA) is 81.7 Å². The summed E-state index contributed by atoms with van der Waals surface area (Å²) in [5, 5.41) is 7.66. The Hall–Kier alpha value is -3.06. The first-order valence-corrected chi connectivity index (χ1v) is 9.21. The van der Waals surface area contributed by atoms with E-state index in [9.17, 15) is 0 Å². The molecule has 7 nitrogen and oxygen atoms in total. The van der Waals surface area contributed by atoms with Crippen LogP contribution in [-0.2, 0) is 5.54 Å². The van der Waals surface area contributed by atoms with Crippen molar-refractivity contribution in [3.63, 3.8) is 0 Å². The monoisotopic (exact) mass is 360 g/mol. The Morgan fingerprint density at radius 2 is 2.04 bits per heavy atom. The lowest BCUT2D eigenvalue weighted by Gasteiger charge is -2.31. The Kier molecular flexibility index (Phi) is 3.75. The van der Waals surface area contributed by atoms with Crippen molar-refractivity contribution in [1.29, 1.82) is 0 Å². The Morgan fingerprint density at radius 3 is 2.85 bits per heavy atom. The van der Waals surface area contributed by atoms with E-state index < -0.39 is 0 Å². The van der Waals surface area contributed by atoms with Gasteiger partial charge in [-0.05, 0) is 57.0 Å². The predicted octanol–water partition coefficient (Wildman–Crippen LogP) is 3.46. The number of para-hydroxylation sites is 2. The maximum Gasteiger partial charge on any atom is 0.246 e. The third-order valence-corrected chi connectivity index (χ3v) is 5.22. The maximum absolute atomic E-state index is 5.56. The molecule has 1 atom stereocenters. The third-order valence-electron chi connectivity index (χ3n) is 5.22. The molecule has 1 N–H and O–H groups in total. The largest absolute Gasteiger partial charge is 0.337 e. The average Bonchev–Trinajstić information content (AvgIpc) is 3.37. The summed E-state index contributed by atoms with van der Waals surface area (Å²) in [5.74, 6) is 2.01. The second kappa shape index (κ2) is 6.28. The predicted molar refractivity (Wildman–Crippen MR) is 101 cm³/mol. The summed E-state index contributed by atoms with van der Waals surface area (Å²) in [7, 11) is 0. The molecule has 0 aliphatic carbocycles. The van der Waals surface area contributed by atoms with E-state index >= 15 is 0 Å². The second-order valence-electron chi connectivity index (χ2n) is 7.15. The molecule has 4 aromatic rings. The number of nitrogens with zero attached hydrogens (tertiary/aromatic N) is 5. The molecular formula is C20H20N6O. The molecule has 4 heterocycles. The summed E-state index contributed by atoms with van der Waals surface area (Å²) in [6.07, 6.45) is 6.91. The lowest BCUT2D eigenvalue weighted by molar-refractivity contribution is 0.207. The molecule has 136 valence electrons. The summed E-state index contributed by atoms with van der Waals surface area (Å²) < 4.78 is 7.52. The summed E-state index contributed by atoms with van der Waals surface area (Å²) in [6, 6.07) is 11.9. The second-order valence-corrected chi connectivity index (χ2v) is 7.15. The van der Waals surface area contributed by atoms with Crippen molar-refractivity contribution in [2.45, 2.75) is 31.7 Å². The van der Waals surface area contributed by atoms with Crippen molar-refractivity contribution >= 4 is 11.0 Å². The van der Waals surface area contributed by atoms with E-state index in [1.54, 1.807) is 12.5 Å². The van der Waals surface area contributed by atoms with Crippen LogP contribution in [0.4, 0.5) is 0 Å². The average molecular weight is 360 g/mol. The number of benzene rings is 1. The van der Waals surface area contributed by atoms with E-state index in [0.717, 1.165) is 41.8 Å². The normalized spacial score (nSPS) is 20.2. The number of hydrogen-bond acceptors (Lipinski definition) is 6. The van der Waals surface area contributed by atoms with Gasteiger partial charge in [-0.3, -0.25) is 4.57 Å². The van der Waals surface area contributed by atoms with Crippen molar-refractivity contribution in [2.24, 2.45) is 0 Å². The molecule has 1 aliphatic rings. The van der Waals surface area contributed by atoms with Crippen LogP contribution in [0.3, 0.4) is 0 Å². The van der Waals surface area contributed by atoms with Crippen molar-refractivity contribution in [3.05, 3.63) is 54.8 Å². The summed E-state index contributed by atoms with van der Waals surface area (Å²) in [5.41, 5.74) is 2.56. The number of aromatic nitrogens is 5.